The fraction of sp³-hybridized carbons (Fsp3) is 0.611. The van der Waals surface area contributed by atoms with Gasteiger partial charge in [-0.25, -0.2) is 4.79 Å². The Hall–Kier alpha value is -1.71. The summed E-state index contributed by atoms with van der Waals surface area (Å²) in [5.74, 6) is 0.902. The van der Waals surface area contributed by atoms with Crippen LogP contribution in [0, 0.1) is 13.8 Å². The van der Waals surface area contributed by atoms with Gasteiger partial charge in [0.15, 0.2) is 0 Å². The van der Waals surface area contributed by atoms with E-state index in [1.165, 1.54) is 12.0 Å². The van der Waals surface area contributed by atoms with Gasteiger partial charge in [0.05, 0.1) is 6.54 Å². The van der Waals surface area contributed by atoms with Gasteiger partial charge < -0.3 is 15.0 Å². The summed E-state index contributed by atoms with van der Waals surface area (Å²) >= 11 is 0. The van der Waals surface area contributed by atoms with E-state index in [0.717, 1.165) is 37.1 Å². The molecule has 1 fully saturated rings. The second-order valence-electron chi connectivity index (χ2n) is 6.03. The number of urea groups is 1. The second-order valence-corrected chi connectivity index (χ2v) is 6.03. The van der Waals surface area contributed by atoms with E-state index < -0.39 is 0 Å². The molecule has 1 unspecified atom stereocenters. The van der Waals surface area contributed by atoms with Crippen molar-refractivity contribution in [2.75, 3.05) is 19.7 Å². The maximum atomic E-state index is 12.3. The van der Waals surface area contributed by atoms with Crippen molar-refractivity contribution >= 4 is 6.03 Å². The Morgan fingerprint density at radius 1 is 1.36 bits per heavy atom. The number of ether oxygens (including phenoxy) is 1. The normalized spacial score (nSPS) is 18.1. The minimum atomic E-state index is 0.0520. The fourth-order valence-corrected chi connectivity index (χ4v) is 2.99. The van der Waals surface area contributed by atoms with E-state index in [9.17, 15) is 4.79 Å². The molecule has 0 saturated carbocycles. The van der Waals surface area contributed by atoms with Gasteiger partial charge in [-0.1, -0.05) is 19.1 Å². The maximum Gasteiger partial charge on any atom is 0.317 e. The number of likely N-dealkylation sites (tertiary alicyclic amines) is 1. The molecule has 0 spiro atoms. The summed E-state index contributed by atoms with van der Waals surface area (Å²) in [7, 11) is 0. The van der Waals surface area contributed by atoms with Crippen LogP contribution in [0.3, 0.4) is 0 Å². The number of rotatable bonds is 5. The molecule has 1 aromatic rings. The lowest BCUT2D eigenvalue weighted by Crippen LogP contribution is -2.49. The molecule has 0 radical (unpaired) electrons. The third-order valence-electron chi connectivity index (χ3n) is 4.55. The molecule has 122 valence electrons. The first-order chi connectivity index (χ1) is 10.6. The fourth-order valence-electron chi connectivity index (χ4n) is 2.99. The average Bonchev–Trinajstić information content (AvgIpc) is 2.55. The van der Waals surface area contributed by atoms with Crippen LogP contribution in [0.5, 0.6) is 5.75 Å². The average molecular weight is 304 g/mol. The molecule has 1 aliphatic heterocycles. The summed E-state index contributed by atoms with van der Waals surface area (Å²) in [4.78, 5) is 14.2. The zero-order valence-electron chi connectivity index (χ0n) is 14.0. The molecule has 0 aromatic heterocycles. The molecule has 1 atom stereocenters. The lowest BCUT2D eigenvalue weighted by atomic mass is 10.0. The predicted octanol–water partition coefficient (Wildman–Crippen LogP) is 3.66. The summed E-state index contributed by atoms with van der Waals surface area (Å²) in [5.41, 5.74) is 2.39. The number of aryl methyl sites for hydroxylation is 1. The maximum absolute atomic E-state index is 12.3. The van der Waals surface area contributed by atoms with Crippen LogP contribution in [0.1, 0.15) is 43.7 Å². The molecule has 1 N–H and O–H groups in total. The number of carbonyl (C=O) groups is 1. The standard InChI is InChI=1S/C18H28N2O2/c1-4-16-9-5-6-12-20(16)18(21)19-11-13-22-17-10-7-8-14(2)15(17)3/h7-8,10,16H,4-6,9,11-13H2,1-3H3,(H,19,21). The quantitative estimate of drug-likeness (QED) is 0.844. The van der Waals surface area contributed by atoms with Gasteiger partial charge >= 0.3 is 6.03 Å². The summed E-state index contributed by atoms with van der Waals surface area (Å²) in [5, 5.41) is 2.98. The van der Waals surface area contributed by atoms with Crippen molar-refractivity contribution < 1.29 is 9.53 Å². The Kier molecular flexibility index (Phi) is 6.10. The van der Waals surface area contributed by atoms with Crippen molar-refractivity contribution in [3.8, 4) is 5.75 Å². The van der Waals surface area contributed by atoms with E-state index >= 15 is 0 Å². The van der Waals surface area contributed by atoms with Crippen LogP contribution in [0.25, 0.3) is 0 Å². The molecule has 2 amide bonds. The highest BCUT2D eigenvalue weighted by Gasteiger charge is 2.24. The molecular weight excluding hydrogens is 276 g/mol. The number of hydrogen-bond donors (Lipinski definition) is 1. The van der Waals surface area contributed by atoms with E-state index in [0.29, 0.717) is 19.2 Å². The third-order valence-corrected chi connectivity index (χ3v) is 4.55. The predicted molar refractivity (Wildman–Crippen MR) is 89.4 cm³/mol. The van der Waals surface area contributed by atoms with E-state index in [-0.39, 0.29) is 6.03 Å². The third kappa shape index (κ3) is 4.15. The minimum Gasteiger partial charge on any atom is -0.491 e. The van der Waals surface area contributed by atoms with Crippen LogP contribution in [0.15, 0.2) is 18.2 Å². The minimum absolute atomic E-state index is 0.0520. The van der Waals surface area contributed by atoms with Crippen molar-refractivity contribution in [1.29, 1.82) is 0 Å². The number of nitrogens with one attached hydrogen (secondary N) is 1. The summed E-state index contributed by atoms with van der Waals surface area (Å²) in [6, 6.07) is 6.49. The number of carbonyl (C=O) groups excluding carboxylic acids is 1. The molecule has 1 aromatic carbocycles. The molecular formula is C18H28N2O2. The molecule has 0 bridgehead atoms. The number of amides is 2. The lowest BCUT2D eigenvalue weighted by Gasteiger charge is -2.35. The smallest absolute Gasteiger partial charge is 0.317 e. The highest BCUT2D eigenvalue weighted by molar-refractivity contribution is 5.74. The van der Waals surface area contributed by atoms with Gasteiger partial charge in [0.25, 0.3) is 0 Å². The first-order valence-corrected chi connectivity index (χ1v) is 8.37. The van der Waals surface area contributed by atoms with Crippen LogP contribution in [0.4, 0.5) is 4.79 Å². The summed E-state index contributed by atoms with van der Waals surface area (Å²) < 4.78 is 5.78. The van der Waals surface area contributed by atoms with Crippen molar-refractivity contribution in [2.45, 2.75) is 52.5 Å². The lowest BCUT2D eigenvalue weighted by molar-refractivity contribution is 0.147. The molecule has 2 rings (SSSR count). The van der Waals surface area contributed by atoms with Gasteiger partial charge in [0.2, 0.25) is 0 Å². The SMILES string of the molecule is CCC1CCCCN1C(=O)NCCOc1cccc(C)c1C. The van der Waals surface area contributed by atoms with Crippen molar-refractivity contribution in [2.24, 2.45) is 0 Å². The van der Waals surface area contributed by atoms with E-state index in [2.05, 4.69) is 32.2 Å². The highest BCUT2D eigenvalue weighted by atomic mass is 16.5. The van der Waals surface area contributed by atoms with E-state index in [1.54, 1.807) is 0 Å². The number of piperidine rings is 1. The Labute approximate surface area is 133 Å². The zero-order chi connectivity index (χ0) is 15.9. The van der Waals surface area contributed by atoms with Crippen LogP contribution >= 0.6 is 0 Å². The van der Waals surface area contributed by atoms with Crippen molar-refractivity contribution in [3.05, 3.63) is 29.3 Å². The van der Waals surface area contributed by atoms with Gasteiger partial charge in [0.1, 0.15) is 12.4 Å². The summed E-state index contributed by atoms with van der Waals surface area (Å²) in [6.45, 7) is 8.20. The van der Waals surface area contributed by atoms with Gasteiger partial charge in [-0.3, -0.25) is 0 Å². The second kappa shape index (κ2) is 8.06. The van der Waals surface area contributed by atoms with Crippen LogP contribution in [0.2, 0.25) is 0 Å². The van der Waals surface area contributed by atoms with E-state index in [1.807, 2.05) is 17.0 Å². The van der Waals surface area contributed by atoms with Gasteiger partial charge in [0, 0.05) is 12.6 Å². The van der Waals surface area contributed by atoms with Gasteiger partial charge in [-0.05, 0) is 56.7 Å². The molecule has 1 heterocycles. The summed E-state index contributed by atoms with van der Waals surface area (Å²) in [6.07, 6.45) is 4.51. The number of hydrogen-bond acceptors (Lipinski definition) is 2. The molecule has 22 heavy (non-hydrogen) atoms. The molecule has 1 saturated heterocycles. The largest absolute Gasteiger partial charge is 0.491 e. The first-order valence-electron chi connectivity index (χ1n) is 8.37. The Morgan fingerprint density at radius 3 is 2.95 bits per heavy atom. The Morgan fingerprint density at radius 2 is 2.18 bits per heavy atom. The molecule has 4 nitrogen and oxygen atoms in total. The number of nitrogens with zero attached hydrogens (tertiary/aromatic N) is 1. The van der Waals surface area contributed by atoms with Crippen molar-refractivity contribution in [3.63, 3.8) is 0 Å². The Balaban J connectivity index is 1.76. The van der Waals surface area contributed by atoms with Crippen molar-refractivity contribution in [1.82, 2.24) is 10.2 Å². The van der Waals surface area contributed by atoms with Crippen LogP contribution in [-0.4, -0.2) is 36.7 Å². The van der Waals surface area contributed by atoms with E-state index in [4.69, 9.17) is 4.74 Å². The zero-order valence-corrected chi connectivity index (χ0v) is 14.0. The molecule has 1 aliphatic rings. The molecule has 0 aliphatic carbocycles. The van der Waals surface area contributed by atoms with Crippen LogP contribution in [-0.2, 0) is 0 Å². The number of benzene rings is 1. The van der Waals surface area contributed by atoms with Gasteiger partial charge in [-0.15, -0.1) is 0 Å². The Bertz CT molecular complexity index is 502. The first kappa shape index (κ1) is 16.7. The topological polar surface area (TPSA) is 41.6 Å². The van der Waals surface area contributed by atoms with Crippen LogP contribution < -0.4 is 10.1 Å². The van der Waals surface area contributed by atoms with Gasteiger partial charge in [-0.2, -0.15) is 0 Å². The monoisotopic (exact) mass is 304 g/mol. The highest BCUT2D eigenvalue weighted by Crippen LogP contribution is 2.21. The molecule has 4 heteroatoms.